The van der Waals surface area contributed by atoms with Crippen LogP contribution in [0.25, 0.3) is 0 Å². The van der Waals surface area contributed by atoms with Gasteiger partial charge in [0.05, 0.1) is 5.25 Å². The molecule has 0 radical (unpaired) electrons. The highest BCUT2D eigenvalue weighted by atomic mass is 32.2. The van der Waals surface area contributed by atoms with E-state index in [1.165, 1.54) is 0 Å². The maximum absolute atomic E-state index is 10.9. The van der Waals surface area contributed by atoms with Gasteiger partial charge in [-0.15, -0.1) is 0 Å². The molecule has 1 aliphatic rings. The summed E-state index contributed by atoms with van der Waals surface area (Å²) in [4.78, 5) is 2.24. The first-order valence-corrected chi connectivity index (χ1v) is 6.43. The minimum Gasteiger partial charge on any atom is -0.298 e. The van der Waals surface area contributed by atoms with Crippen molar-refractivity contribution in [2.75, 3.05) is 13.1 Å². The summed E-state index contributed by atoms with van der Waals surface area (Å²) in [5.41, 5.74) is 0.0875. The molecule has 0 aliphatic carbocycles. The van der Waals surface area contributed by atoms with Crippen molar-refractivity contribution in [3.8, 4) is 0 Å². The van der Waals surface area contributed by atoms with Gasteiger partial charge in [-0.3, -0.25) is 9.45 Å². The predicted octanol–water partition coefficient (Wildman–Crippen LogP) is 1.14. The third-order valence-corrected chi connectivity index (χ3v) is 4.13. The molecule has 0 unspecified atom stereocenters. The summed E-state index contributed by atoms with van der Waals surface area (Å²) in [7, 11) is -3.82. The molecule has 1 fully saturated rings. The first-order chi connectivity index (χ1) is 6.21. The molecule has 14 heavy (non-hydrogen) atoms. The molecule has 0 aromatic heterocycles. The van der Waals surface area contributed by atoms with E-state index in [1.54, 1.807) is 0 Å². The molecule has 0 aromatic carbocycles. The molecule has 84 valence electrons. The number of rotatable bonds is 1. The van der Waals surface area contributed by atoms with E-state index in [4.69, 9.17) is 4.55 Å². The summed E-state index contributed by atoms with van der Waals surface area (Å²) in [6.07, 6.45) is 1.08. The number of nitrogens with zero attached hydrogens (tertiary/aromatic N) is 1. The molecule has 5 heteroatoms. The maximum atomic E-state index is 10.9. The molecule has 1 aliphatic heterocycles. The average Bonchev–Trinajstić information content (AvgIpc) is 2.01. The van der Waals surface area contributed by atoms with Crippen LogP contribution >= 0.6 is 0 Å². The average molecular weight is 221 g/mol. The van der Waals surface area contributed by atoms with Crippen LogP contribution in [0.2, 0.25) is 0 Å². The van der Waals surface area contributed by atoms with Gasteiger partial charge in [-0.1, -0.05) is 0 Å². The topological polar surface area (TPSA) is 57.6 Å². The van der Waals surface area contributed by atoms with Crippen molar-refractivity contribution in [2.45, 2.75) is 44.4 Å². The summed E-state index contributed by atoms with van der Waals surface area (Å²) >= 11 is 0. The molecule has 1 heterocycles. The van der Waals surface area contributed by atoms with Crippen LogP contribution < -0.4 is 0 Å². The molecule has 0 bridgehead atoms. The molecule has 0 saturated carbocycles. The van der Waals surface area contributed by atoms with E-state index < -0.39 is 15.4 Å². The van der Waals surface area contributed by atoms with E-state index in [-0.39, 0.29) is 5.54 Å². The molecule has 0 atom stereocenters. The fourth-order valence-electron chi connectivity index (χ4n) is 1.82. The van der Waals surface area contributed by atoms with Crippen molar-refractivity contribution in [3.63, 3.8) is 0 Å². The van der Waals surface area contributed by atoms with Crippen molar-refractivity contribution < 1.29 is 13.0 Å². The highest BCUT2D eigenvalue weighted by Gasteiger charge is 2.32. The van der Waals surface area contributed by atoms with Gasteiger partial charge in [0.1, 0.15) is 0 Å². The van der Waals surface area contributed by atoms with Gasteiger partial charge in [0.2, 0.25) is 0 Å². The van der Waals surface area contributed by atoms with E-state index in [0.29, 0.717) is 12.8 Å². The third kappa shape index (κ3) is 2.93. The van der Waals surface area contributed by atoms with Crippen molar-refractivity contribution >= 4 is 10.1 Å². The van der Waals surface area contributed by atoms with E-state index in [1.807, 2.05) is 0 Å². The van der Waals surface area contributed by atoms with Gasteiger partial charge in [-0.2, -0.15) is 8.42 Å². The summed E-state index contributed by atoms with van der Waals surface area (Å²) in [6, 6.07) is 0. The van der Waals surface area contributed by atoms with Gasteiger partial charge in [0.25, 0.3) is 10.1 Å². The van der Waals surface area contributed by atoms with Crippen molar-refractivity contribution in [1.82, 2.24) is 4.90 Å². The zero-order chi connectivity index (χ0) is 11.0. The second kappa shape index (κ2) is 3.79. The van der Waals surface area contributed by atoms with E-state index in [2.05, 4.69) is 25.7 Å². The molecule has 0 aromatic rings. The first-order valence-electron chi connectivity index (χ1n) is 4.92. The van der Waals surface area contributed by atoms with Crippen LogP contribution in [0.5, 0.6) is 0 Å². The Balaban J connectivity index is 2.56. The molecule has 0 spiro atoms. The fourth-order valence-corrected chi connectivity index (χ4v) is 2.63. The van der Waals surface area contributed by atoms with Gasteiger partial charge in [-0.25, -0.2) is 0 Å². The number of piperidine rings is 1. The van der Waals surface area contributed by atoms with Gasteiger partial charge < -0.3 is 0 Å². The lowest BCUT2D eigenvalue weighted by Crippen LogP contribution is -2.48. The molecule has 1 N–H and O–H groups in total. The SMILES string of the molecule is CC(C)(C)N1CCC(S(=O)(=O)O)CC1. The quantitative estimate of drug-likeness (QED) is 0.675. The Kier molecular flexibility index (Phi) is 3.23. The molecule has 4 nitrogen and oxygen atoms in total. The summed E-state index contributed by atoms with van der Waals surface area (Å²) < 4.78 is 30.6. The maximum Gasteiger partial charge on any atom is 0.267 e. The molecular formula is C9H19NO3S. The van der Waals surface area contributed by atoms with E-state index in [0.717, 1.165) is 13.1 Å². The predicted molar refractivity (Wildman–Crippen MR) is 55.9 cm³/mol. The monoisotopic (exact) mass is 221 g/mol. The highest BCUT2D eigenvalue weighted by Crippen LogP contribution is 2.23. The van der Waals surface area contributed by atoms with Crippen LogP contribution in [0.3, 0.4) is 0 Å². The van der Waals surface area contributed by atoms with Crippen LogP contribution in [0.4, 0.5) is 0 Å². The van der Waals surface area contributed by atoms with Crippen LogP contribution in [0.1, 0.15) is 33.6 Å². The van der Waals surface area contributed by atoms with Crippen LogP contribution in [0.15, 0.2) is 0 Å². The Labute approximate surface area is 86.0 Å². The zero-order valence-electron chi connectivity index (χ0n) is 9.02. The molecule has 1 rings (SSSR count). The standard InChI is InChI=1S/C9H19NO3S/c1-9(2,3)10-6-4-8(5-7-10)14(11,12)13/h8H,4-7H2,1-3H3,(H,11,12,13). The van der Waals surface area contributed by atoms with E-state index >= 15 is 0 Å². The van der Waals surface area contributed by atoms with Gasteiger partial charge in [0, 0.05) is 5.54 Å². The Bertz CT molecular complexity index is 284. The largest absolute Gasteiger partial charge is 0.298 e. The Morgan fingerprint density at radius 1 is 1.21 bits per heavy atom. The second-order valence-corrected chi connectivity index (χ2v) is 6.57. The lowest BCUT2D eigenvalue weighted by Gasteiger charge is -2.40. The summed E-state index contributed by atoms with van der Waals surface area (Å²) in [5, 5.41) is -0.555. The minimum absolute atomic E-state index is 0.0875. The second-order valence-electron chi connectivity index (χ2n) is 4.87. The molecular weight excluding hydrogens is 202 g/mol. The Morgan fingerprint density at radius 3 is 1.93 bits per heavy atom. The number of hydrogen-bond acceptors (Lipinski definition) is 3. The number of likely N-dealkylation sites (tertiary alicyclic amines) is 1. The smallest absolute Gasteiger partial charge is 0.267 e. The van der Waals surface area contributed by atoms with Crippen molar-refractivity contribution in [3.05, 3.63) is 0 Å². The van der Waals surface area contributed by atoms with Crippen LogP contribution in [-0.2, 0) is 10.1 Å². The Hall–Kier alpha value is -0.130. The lowest BCUT2D eigenvalue weighted by molar-refractivity contribution is 0.111. The zero-order valence-corrected chi connectivity index (χ0v) is 9.84. The van der Waals surface area contributed by atoms with Gasteiger partial charge in [-0.05, 0) is 46.7 Å². The third-order valence-electron chi connectivity index (χ3n) is 2.81. The normalized spacial score (nSPS) is 22.6. The van der Waals surface area contributed by atoms with Crippen LogP contribution in [-0.4, -0.2) is 41.7 Å². The van der Waals surface area contributed by atoms with Gasteiger partial charge >= 0.3 is 0 Å². The van der Waals surface area contributed by atoms with E-state index in [9.17, 15) is 8.42 Å². The molecule has 0 amide bonds. The fraction of sp³-hybridized carbons (Fsp3) is 1.00. The summed E-state index contributed by atoms with van der Waals surface area (Å²) in [5.74, 6) is 0. The molecule has 1 saturated heterocycles. The van der Waals surface area contributed by atoms with Crippen LogP contribution in [0, 0.1) is 0 Å². The minimum atomic E-state index is -3.82. The van der Waals surface area contributed by atoms with Gasteiger partial charge in [0.15, 0.2) is 0 Å². The van der Waals surface area contributed by atoms with Crippen molar-refractivity contribution in [2.24, 2.45) is 0 Å². The number of hydrogen-bond donors (Lipinski definition) is 1. The lowest BCUT2D eigenvalue weighted by atomic mass is 10.0. The van der Waals surface area contributed by atoms with Crippen molar-refractivity contribution in [1.29, 1.82) is 0 Å². The summed E-state index contributed by atoms with van der Waals surface area (Å²) in [6.45, 7) is 7.82. The highest BCUT2D eigenvalue weighted by molar-refractivity contribution is 7.86. The first kappa shape index (κ1) is 11.9. The Morgan fingerprint density at radius 2 is 1.64 bits per heavy atom.